The van der Waals surface area contributed by atoms with Gasteiger partial charge in [-0.25, -0.2) is 0 Å². The molecule has 0 bridgehead atoms. The Bertz CT molecular complexity index is 212. The highest BCUT2D eigenvalue weighted by Gasteiger charge is 2.01. The van der Waals surface area contributed by atoms with Crippen LogP contribution in [0.5, 0.6) is 0 Å². The largest absolute Gasteiger partial charge is 0.319 e. The van der Waals surface area contributed by atoms with E-state index in [1.165, 1.54) is 9.75 Å². The van der Waals surface area contributed by atoms with Gasteiger partial charge in [-0.3, -0.25) is 0 Å². The predicted molar refractivity (Wildman–Crippen MR) is 51.7 cm³/mol. The van der Waals surface area contributed by atoms with Crippen LogP contribution in [0, 0.1) is 6.92 Å². The van der Waals surface area contributed by atoms with Crippen LogP contribution in [-0.2, 0) is 6.42 Å². The third-order valence-electron chi connectivity index (χ3n) is 1.53. The van der Waals surface area contributed by atoms with Gasteiger partial charge in [0.25, 0.3) is 0 Å². The third-order valence-corrected chi connectivity index (χ3v) is 3.14. The molecule has 0 aliphatic heterocycles. The highest BCUT2D eigenvalue weighted by molar-refractivity contribution is 7.12. The molecule has 0 saturated carbocycles. The maximum absolute atomic E-state index is 5.90. The van der Waals surface area contributed by atoms with Crippen molar-refractivity contribution >= 4 is 22.9 Å². The molecule has 1 rings (SSSR count). The number of nitrogens with one attached hydrogen (secondary N) is 1. The Labute approximate surface area is 76.4 Å². The molecule has 0 aliphatic carbocycles. The quantitative estimate of drug-likeness (QED) is 0.771. The van der Waals surface area contributed by atoms with Crippen molar-refractivity contribution in [2.24, 2.45) is 0 Å². The van der Waals surface area contributed by atoms with Gasteiger partial charge in [0, 0.05) is 9.75 Å². The summed E-state index contributed by atoms with van der Waals surface area (Å²) in [4.78, 5) is 2.58. The van der Waals surface area contributed by atoms with Crippen molar-refractivity contribution in [2.45, 2.75) is 13.3 Å². The van der Waals surface area contributed by atoms with Gasteiger partial charge >= 0.3 is 0 Å². The van der Waals surface area contributed by atoms with E-state index in [4.69, 9.17) is 11.6 Å². The number of hydrogen-bond acceptors (Lipinski definition) is 2. The molecule has 0 fully saturated rings. The van der Waals surface area contributed by atoms with Gasteiger partial charge in [0.2, 0.25) is 0 Å². The van der Waals surface area contributed by atoms with Crippen LogP contribution in [0.3, 0.4) is 0 Å². The van der Waals surface area contributed by atoms with Crippen LogP contribution < -0.4 is 5.32 Å². The topological polar surface area (TPSA) is 12.0 Å². The molecule has 0 amide bonds. The fourth-order valence-corrected chi connectivity index (χ4v) is 2.13. The molecule has 0 aromatic carbocycles. The van der Waals surface area contributed by atoms with Crippen LogP contribution in [0.4, 0.5) is 0 Å². The fourth-order valence-electron chi connectivity index (χ4n) is 0.889. The molecule has 1 heterocycles. The Kier molecular flexibility index (Phi) is 3.37. The van der Waals surface area contributed by atoms with E-state index in [9.17, 15) is 0 Å². The van der Waals surface area contributed by atoms with Gasteiger partial charge in [0.05, 0.1) is 5.02 Å². The number of likely N-dealkylation sites (N-methyl/N-ethyl adjacent to an activating group) is 1. The normalized spacial score (nSPS) is 10.5. The summed E-state index contributed by atoms with van der Waals surface area (Å²) in [6.45, 7) is 3.08. The van der Waals surface area contributed by atoms with Crippen molar-refractivity contribution in [3.8, 4) is 0 Å². The fraction of sp³-hybridized carbons (Fsp3) is 0.500. The minimum Gasteiger partial charge on any atom is -0.319 e. The summed E-state index contributed by atoms with van der Waals surface area (Å²) in [5.74, 6) is 0. The zero-order chi connectivity index (χ0) is 8.27. The number of rotatable bonds is 3. The predicted octanol–water partition coefficient (Wildman–Crippen LogP) is 2.47. The van der Waals surface area contributed by atoms with Crippen LogP contribution >= 0.6 is 22.9 Å². The van der Waals surface area contributed by atoms with Crippen LogP contribution in [0.2, 0.25) is 5.02 Å². The van der Waals surface area contributed by atoms with E-state index >= 15 is 0 Å². The van der Waals surface area contributed by atoms with Gasteiger partial charge in [-0.1, -0.05) is 11.6 Å². The number of thiophene rings is 1. The molecule has 62 valence electrons. The van der Waals surface area contributed by atoms with Gasteiger partial charge in [-0.15, -0.1) is 11.3 Å². The van der Waals surface area contributed by atoms with E-state index < -0.39 is 0 Å². The molecule has 1 nitrogen and oxygen atoms in total. The van der Waals surface area contributed by atoms with Crippen molar-refractivity contribution in [2.75, 3.05) is 13.6 Å². The summed E-state index contributed by atoms with van der Waals surface area (Å²) in [5.41, 5.74) is 0. The molecule has 11 heavy (non-hydrogen) atoms. The summed E-state index contributed by atoms with van der Waals surface area (Å²) in [6.07, 6.45) is 1.08. The lowest BCUT2D eigenvalue weighted by molar-refractivity contribution is 0.799. The van der Waals surface area contributed by atoms with E-state index in [2.05, 4.69) is 18.3 Å². The SMILES string of the molecule is CNCCc1cc(Cl)c(C)s1. The van der Waals surface area contributed by atoms with E-state index in [-0.39, 0.29) is 0 Å². The van der Waals surface area contributed by atoms with Crippen molar-refractivity contribution in [3.63, 3.8) is 0 Å². The zero-order valence-corrected chi connectivity index (χ0v) is 8.35. The average Bonchev–Trinajstić information content (AvgIpc) is 2.28. The first kappa shape index (κ1) is 9.04. The summed E-state index contributed by atoms with van der Waals surface area (Å²) < 4.78 is 0. The zero-order valence-electron chi connectivity index (χ0n) is 6.78. The van der Waals surface area contributed by atoms with E-state index in [1.54, 1.807) is 11.3 Å². The number of halogens is 1. The van der Waals surface area contributed by atoms with Gasteiger partial charge < -0.3 is 5.32 Å². The molecule has 0 saturated heterocycles. The summed E-state index contributed by atoms with van der Waals surface area (Å²) in [6, 6.07) is 2.05. The molecule has 0 radical (unpaired) electrons. The smallest absolute Gasteiger partial charge is 0.0545 e. The number of hydrogen-bond donors (Lipinski definition) is 1. The average molecular weight is 190 g/mol. The Morgan fingerprint density at radius 1 is 1.64 bits per heavy atom. The molecule has 0 unspecified atom stereocenters. The second-order valence-electron chi connectivity index (χ2n) is 2.47. The van der Waals surface area contributed by atoms with Crippen LogP contribution in [-0.4, -0.2) is 13.6 Å². The second-order valence-corrected chi connectivity index (χ2v) is 4.22. The monoisotopic (exact) mass is 189 g/mol. The molecule has 1 N–H and O–H groups in total. The first-order valence-electron chi connectivity index (χ1n) is 3.63. The lowest BCUT2D eigenvalue weighted by atomic mass is 10.3. The first-order chi connectivity index (χ1) is 5.24. The maximum Gasteiger partial charge on any atom is 0.0545 e. The maximum atomic E-state index is 5.90. The molecule has 0 atom stereocenters. The van der Waals surface area contributed by atoms with E-state index in [1.807, 2.05) is 7.05 Å². The molecule has 3 heteroatoms. The van der Waals surface area contributed by atoms with Gasteiger partial charge in [-0.2, -0.15) is 0 Å². The van der Waals surface area contributed by atoms with Crippen LogP contribution in [0.15, 0.2) is 6.07 Å². The standard InChI is InChI=1S/C8H12ClNS/c1-6-8(9)5-7(11-6)3-4-10-2/h5,10H,3-4H2,1-2H3. The lowest BCUT2D eigenvalue weighted by Gasteiger charge is -1.93. The first-order valence-corrected chi connectivity index (χ1v) is 4.83. The van der Waals surface area contributed by atoms with Gasteiger partial charge in [0.1, 0.15) is 0 Å². The third kappa shape index (κ3) is 2.47. The summed E-state index contributed by atoms with van der Waals surface area (Å²) in [7, 11) is 1.96. The van der Waals surface area contributed by atoms with Crippen LogP contribution in [0.25, 0.3) is 0 Å². The number of aryl methyl sites for hydroxylation is 1. The van der Waals surface area contributed by atoms with Crippen molar-refractivity contribution in [1.29, 1.82) is 0 Å². The van der Waals surface area contributed by atoms with Gasteiger partial charge in [0.15, 0.2) is 0 Å². The summed E-state index contributed by atoms with van der Waals surface area (Å²) in [5, 5.41) is 4.01. The van der Waals surface area contributed by atoms with Crippen molar-refractivity contribution < 1.29 is 0 Å². The molecular formula is C8H12ClNS. The summed E-state index contributed by atoms with van der Waals surface area (Å²) >= 11 is 7.68. The molecule has 0 spiro atoms. The Balaban J connectivity index is 2.58. The molecule has 1 aromatic rings. The van der Waals surface area contributed by atoms with Crippen molar-refractivity contribution in [1.82, 2.24) is 5.32 Å². The molecule has 1 aromatic heterocycles. The van der Waals surface area contributed by atoms with E-state index in [0.29, 0.717) is 0 Å². The Morgan fingerprint density at radius 2 is 2.36 bits per heavy atom. The Hall–Kier alpha value is -0.0500. The van der Waals surface area contributed by atoms with Crippen molar-refractivity contribution in [3.05, 3.63) is 20.8 Å². The highest BCUT2D eigenvalue weighted by atomic mass is 35.5. The van der Waals surface area contributed by atoms with E-state index in [0.717, 1.165) is 18.0 Å². The lowest BCUT2D eigenvalue weighted by Crippen LogP contribution is -2.09. The minimum absolute atomic E-state index is 0.904. The highest BCUT2D eigenvalue weighted by Crippen LogP contribution is 2.25. The van der Waals surface area contributed by atoms with Gasteiger partial charge in [-0.05, 0) is 33.0 Å². The minimum atomic E-state index is 0.904. The Morgan fingerprint density at radius 3 is 2.82 bits per heavy atom. The molecule has 0 aliphatic rings. The second kappa shape index (κ2) is 4.10. The van der Waals surface area contributed by atoms with Crippen LogP contribution in [0.1, 0.15) is 9.75 Å². The molecular weight excluding hydrogens is 178 g/mol.